The van der Waals surface area contributed by atoms with Gasteiger partial charge in [-0.15, -0.1) is 23.1 Å². The van der Waals surface area contributed by atoms with Gasteiger partial charge in [0.2, 0.25) is 5.91 Å². The van der Waals surface area contributed by atoms with E-state index in [-0.39, 0.29) is 5.91 Å². The molecule has 2 aromatic carbocycles. The summed E-state index contributed by atoms with van der Waals surface area (Å²) >= 11 is 2.83. The second kappa shape index (κ2) is 10.2. The minimum atomic E-state index is -0.109. The SMILES string of the molecule is CCOc1ccc(SCC(=O)Nc2nc(-c3cc(OC)ccc3OC)cs2)cc1. The van der Waals surface area contributed by atoms with Gasteiger partial charge in [-0.25, -0.2) is 4.98 Å². The molecular formula is C21H22N2O4S2. The Morgan fingerprint density at radius 2 is 1.86 bits per heavy atom. The monoisotopic (exact) mass is 430 g/mol. The van der Waals surface area contributed by atoms with Crippen LogP contribution in [0.25, 0.3) is 11.3 Å². The lowest BCUT2D eigenvalue weighted by Crippen LogP contribution is -2.13. The number of hydrogen-bond donors (Lipinski definition) is 1. The van der Waals surface area contributed by atoms with Crippen LogP contribution in [0.5, 0.6) is 17.2 Å². The molecule has 3 rings (SSSR count). The summed E-state index contributed by atoms with van der Waals surface area (Å²) in [6, 6.07) is 13.2. The summed E-state index contributed by atoms with van der Waals surface area (Å²) in [4.78, 5) is 17.8. The van der Waals surface area contributed by atoms with E-state index >= 15 is 0 Å². The Hall–Kier alpha value is -2.71. The van der Waals surface area contributed by atoms with Crippen LogP contribution in [0.15, 0.2) is 52.7 Å². The molecule has 3 aromatic rings. The van der Waals surface area contributed by atoms with E-state index in [1.54, 1.807) is 14.2 Å². The van der Waals surface area contributed by atoms with Crippen molar-refractivity contribution in [2.24, 2.45) is 0 Å². The molecule has 0 saturated carbocycles. The zero-order valence-corrected chi connectivity index (χ0v) is 18.1. The zero-order chi connectivity index (χ0) is 20.6. The number of nitrogens with one attached hydrogen (secondary N) is 1. The molecule has 0 aliphatic rings. The van der Waals surface area contributed by atoms with Crippen LogP contribution >= 0.6 is 23.1 Å². The number of benzene rings is 2. The van der Waals surface area contributed by atoms with Gasteiger partial charge in [-0.3, -0.25) is 4.79 Å². The first-order valence-corrected chi connectivity index (χ1v) is 10.8. The maximum atomic E-state index is 12.3. The van der Waals surface area contributed by atoms with Gasteiger partial charge in [0, 0.05) is 15.8 Å². The topological polar surface area (TPSA) is 69.7 Å². The second-order valence-corrected chi connectivity index (χ2v) is 7.75. The summed E-state index contributed by atoms with van der Waals surface area (Å²) < 4.78 is 16.1. The van der Waals surface area contributed by atoms with Gasteiger partial charge in [-0.05, 0) is 49.4 Å². The summed E-state index contributed by atoms with van der Waals surface area (Å²) in [6.07, 6.45) is 0. The fourth-order valence-corrected chi connectivity index (χ4v) is 4.00. The molecule has 1 amide bonds. The summed E-state index contributed by atoms with van der Waals surface area (Å²) in [7, 11) is 3.22. The van der Waals surface area contributed by atoms with E-state index in [4.69, 9.17) is 14.2 Å². The van der Waals surface area contributed by atoms with Crippen molar-refractivity contribution in [3.8, 4) is 28.5 Å². The zero-order valence-electron chi connectivity index (χ0n) is 16.4. The summed E-state index contributed by atoms with van der Waals surface area (Å²) in [5.74, 6) is 2.42. The third kappa shape index (κ3) is 5.65. The van der Waals surface area contributed by atoms with Crippen LogP contribution in [-0.2, 0) is 4.79 Å². The molecule has 1 heterocycles. The van der Waals surface area contributed by atoms with Crippen LogP contribution in [0.2, 0.25) is 0 Å². The van der Waals surface area contributed by atoms with Gasteiger partial charge in [0.25, 0.3) is 0 Å². The van der Waals surface area contributed by atoms with E-state index in [1.807, 2.05) is 54.8 Å². The number of anilines is 1. The van der Waals surface area contributed by atoms with E-state index in [0.717, 1.165) is 21.9 Å². The molecule has 1 aromatic heterocycles. The number of aromatic nitrogens is 1. The number of ether oxygens (including phenoxy) is 3. The van der Waals surface area contributed by atoms with E-state index in [2.05, 4.69) is 10.3 Å². The Morgan fingerprint density at radius 1 is 1.10 bits per heavy atom. The highest BCUT2D eigenvalue weighted by Crippen LogP contribution is 2.35. The summed E-state index contributed by atoms with van der Waals surface area (Å²) in [6.45, 7) is 2.58. The number of thioether (sulfide) groups is 1. The maximum absolute atomic E-state index is 12.3. The Bertz CT molecular complexity index is 958. The highest BCUT2D eigenvalue weighted by atomic mass is 32.2. The fraction of sp³-hybridized carbons (Fsp3) is 0.238. The number of hydrogen-bond acceptors (Lipinski definition) is 7. The maximum Gasteiger partial charge on any atom is 0.236 e. The first-order chi connectivity index (χ1) is 14.1. The lowest BCUT2D eigenvalue weighted by Gasteiger charge is -2.08. The van der Waals surface area contributed by atoms with Crippen molar-refractivity contribution in [2.45, 2.75) is 11.8 Å². The van der Waals surface area contributed by atoms with Crippen LogP contribution in [0.3, 0.4) is 0 Å². The van der Waals surface area contributed by atoms with E-state index < -0.39 is 0 Å². The number of amides is 1. The molecule has 0 aliphatic heterocycles. The van der Waals surface area contributed by atoms with Gasteiger partial charge in [0.1, 0.15) is 17.2 Å². The van der Waals surface area contributed by atoms with Gasteiger partial charge in [0.15, 0.2) is 5.13 Å². The van der Waals surface area contributed by atoms with Gasteiger partial charge in [-0.1, -0.05) is 0 Å². The smallest absolute Gasteiger partial charge is 0.236 e. The fourth-order valence-electron chi connectivity index (χ4n) is 2.57. The van der Waals surface area contributed by atoms with Gasteiger partial charge in [-0.2, -0.15) is 0 Å². The third-order valence-electron chi connectivity index (χ3n) is 3.94. The number of nitrogens with zero attached hydrogens (tertiary/aromatic N) is 1. The molecule has 0 fully saturated rings. The summed E-state index contributed by atoms with van der Waals surface area (Å²) in [5, 5.41) is 5.28. The number of methoxy groups -OCH3 is 2. The van der Waals surface area contributed by atoms with Crippen molar-refractivity contribution in [3.05, 3.63) is 47.8 Å². The number of carbonyl (C=O) groups excluding carboxylic acids is 1. The molecule has 1 N–H and O–H groups in total. The van der Waals surface area contributed by atoms with Crippen LogP contribution < -0.4 is 19.5 Å². The average Bonchev–Trinajstić information content (AvgIpc) is 3.21. The predicted octanol–water partition coefficient (Wildman–Crippen LogP) is 4.96. The van der Waals surface area contributed by atoms with Crippen LogP contribution in [-0.4, -0.2) is 37.5 Å². The predicted molar refractivity (Wildman–Crippen MR) is 118 cm³/mol. The minimum absolute atomic E-state index is 0.109. The van der Waals surface area contributed by atoms with Crippen molar-refractivity contribution in [1.82, 2.24) is 4.98 Å². The van der Waals surface area contributed by atoms with Gasteiger partial charge >= 0.3 is 0 Å². The molecular weight excluding hydrogens is 408 g/mol. The van der Waals surface area contributed by atoms with Crippen molar-refractivity contribution >= 4 is 34.1 Å². The van der Waals surface area contributed by atoms with Crippen LogP contribution in [0.1, 0.15) is 6.92 Å². The molecule has 6 nitrogen and oxygen atoms in total. The third-order valence-corrected chi connectivity index (χ3v) is 5.71. The molecule has 8 heteroatoms. The number of carbonyl (C=O) groups is 1. The number of rotatable bonds is 9. The minimum Gasteiger partial charge on any atom is -0.497 e. The van der Waals surface area contributed by atoms with Crippen molar-refractivity contribution in [2.75, 3.05) is 31.9 Å². The highest BCUT2D eigenvalue weighted by Gasteiger charge is 2.13. The molecule has 0 saturated heterocycles. The van der Waals surface area contributed by atoms with E-state index in [9.17, 15) is 4.79 Å². The Morgan fingerprint density at radius 3 is 2.55 bits per heavy atom. The standard InChI is InChI=1S/C21H22N2O4S2/c1-4-27-14-5-8-16(9-6-14)28-13-20(24)23-21-22-18(12-29-21)17-11-15(25-2)7-10-19(17)26-3/h5-12H,4,13H2,1-3H3,(H,22,23,24). The highest BCUT2D eigenvalue weighted by molar-refractivity contribution is 8.00. The second-order valence-electron chi connectivity index (χ2n) is 5.85. The molecule has 0 radical (unpaired) electrons. The average molecular weight is 431 g/mol. The molecule has 0 aliphatic carbocycles. The van der Waals surface area contributed by atoms with Crippen molar-refractivity contribution < 1.29 is 19.0 Å². The molecule has 0 unspecified atom stereocenters. The summed E-state index contributed by atoms with van der Waals surface area (Å²) in [5.41, 5.74) is 1.53. The quantitative estimate of drug-likeness (QED) is 0.484. The van der Waals surface area contributed by atoms with Crippen molar-refractivity contribution in [1.29, 1.82) is 0 Å². The Labute approximate surface area is 178 Å². The first kappa shape index (κ1) is 21.0. The molecule has 29 heavy (non-hydrogen) atoms. The Kier molecular flexibility index (Phi) is 7.37. The number of thiazole rings is 1. The Balaban J connectivity index is 1.60. The van der Waals surface area contributed by atoms with Gasteiger partial charge in [0.05, 0.1) is 32.3 Å². The molecule has 0 bridgehead atoms. The van der Waals surface area contributed by atoms with E-state index in [0.29, 0.717) is 29.0 Å². The lowest BCUT2D eigenvalue weighted by atomic mass is 10.1. The largest absolute Gasteiger partial charge is 0.497 e. The lowest BCUT2D eigenvalue weighted by molar-refractivity contribution is -0.113. The molecule has 0 atom stereocenters. The molecule has 152 valence electrons. The van der Waals surface area contributed by atoms with Crippen LogP contribution in [0, 0.1) is 0 Å². The molecule has 0 spiro atoms. The first-order valence-electron chi connectivity index (χ1n) is 8.96. The van der Waals surface area contributed by atoms with Gasteiger partial charge < -0.3 is 19.5 Å². The van der Waals surface area contributed by atoms with Crippen molar-refractivity contribution in [3.63, 3.8) is 0 Å². The normalized spacial score (nSPS) is 10.4. The van der Waals surface area contributed by atoms with Crippen LogP contribution in [0.4, 0.5) is 5.13 Å². The van der Waals surface area contributed by atoms with E-state index in [1.165, 1.54) is 23.1 Å².